The van der Waals surface area contributed by atoms with Gasteiger partial charge in [-0.25, -0.2) is 4.98 Å². The second-order valence-electron chi connectivity index (χ2n) is 7.74. The van der Waals surface area contributed by atoms with Gasteiger partial charge in [-0.05, 0) is 18.1 Å². The Balaban J connectivity index is 1.46. The summed E-state index contributed by atoms with van der Waals surface area (Å²) in [6, 6.07) is 3.95. The van der Waals surface area contributed by atoms with E-state index in [2.05, 4.69) is 10.1 Å². The van der Waals surface area contributed by atoms with Crippen LogP contribution in [-0.2, 0) is 11.8 Å². The third-order valence-corrected chi connectivity index (χ3v) is 6.95. The first-order valence-corrected chi connectivity index (χ1v) is 11.0. The summed E-state index contributed by atoms with van der Waals surface area (Å²) in [7, 11) is 1.80. The molecule has 5 rings (SSSR count). The van der Waals surface area contributed by atoms with Crippen LogP contribution in [0.2, 0.25) is 0 Å². The normalized spacial score (nSPS) is 19.6. The molecule has 0 radical (unpaired) electrons. The van der Waals surface area contributed by atoms with E-state index in [0.29, 0.717) is 45.0 Å². The van der Waals surface area contributed by atoms with Crippen molar-refractivity contribution >= 4 is 33.4 Å². The van der Waals surface area contributed by atoms with Gasteiger partial charge in [0, 0.05) is 56.9 Å². The minimum Gasteiger partial charge on any atom is -0.378 e. The Bertz CT molecular complexity index is 1100. The van der Waals surface area contributed by atoms with Gasteiger partial charge in [0.15, 0.2) is 0 Å². The first kappa shape index (κ1) is 19.2. The van der Waals surface area contributed by atoms with Gasteiger partial charge in [-0.15, -0.1) is 11.3 Å². The molecule has 0 aliphatic carbocycles. The second-order valence-corrected chi connectivity index (χ2v) is 8.74. The summed E-state index contributed by atoms with van der Waals surface area (Å²) < 4.78 is 7.04. The van der Waals surface area contributed by atoms with E-state index in [1.165, 1.54) is 11.3 Å². The van der Waals surface area contributed by atoms with E-state index in [0.717, 1.165) is 27.1 Å². The standard InChI is InChI=1S/C21H23N5O3S/c1-24-12-15(11-23-24)20(27)26-6-4-14(13-26)17-16-3-2-5-22-19(16)30-18(17)21(28)25-7-9-29-10-8-25/h2-3,5,11-12,14H,4,6-10,13H2,1H3/t14-/m0/s1. The van der Waals surface area contributed by atoms with Gasteiger partial charge < -0.3 is 14.5 Å². The van der Waals surface area contributed by atoms with E-state index in [4.69, 9.17) is 4.74 Å². The maximum Gasteiger partial charge on any atom is 0.264 e. The highest BCUT2D eigenvalue weighted by Crippen LogP contribution is 2.40. The van der Waals surface area contributed by atoms with Crippen LogP contribution >= 0.6 is 11.3 Å². The van der Waals surface area contributed by atoms with Crippen LogP contribution in [0.4, 0.5) is 0 Å². The van der Waals surface area contributed by atoms with E-state index >= 15 is 0 Å². The number of aromatic nitrogens is 3. The largest absolute Gasteiger partial charge is 0.378 e. The highest BCUT2D eigenvalue weighted by atomic mass is 32.1. The van der Waals surface area contributed by atoms with E-state index in [-0.39, 0.29) is 17.7 Å². The van der Waals surface area contributed by atoms with E-state index in [1.54, 1.807) is 30.3 Å². The summed E-state index contributed by atoms with van der Waals surface area (Å²) in [6.45, 7) is 3.62. The van der Waals surface area contributed by atoms with Crippen LogP contribution in [0.15, 0.2) is 30.7 Å². The topological polar surface area (TPSA) is 80.6 Å². The molecule has 2 aliphatic rings. The number of fused-ring (bicyclic) bond motifs is 1. The number of likely N-dealkylation sites (tertiary alicyclic amines) is 1. The summed E-state index contributed by atoms with van der Waals surface area (Å²) in [6.07, 6.45) is 5.94. The molecule has 0 aromatic carbocycles. The molecule has 2 fully saturated rings. The van der Waals surface area contributed by atoms with Crippen molar-refractivity contribution in [3.63, 3.8) is 0 Å². The molecule has 156 valence electrons. The molecule has 9 heteroatoms. The second kappa shape index (κ2) is 7.81. The van der Waals surface area contributed by atoms with Gasteiger partial charge in [0.1, 0.15) is 4.83 Å². The Labute approximate surface area is 178 Å². The maximum atomic E-state index is 13.3. The minimum absolute atomic E-state index is 0.00989. The van der Waals surface area contributed by atoms with Gasteiger partial charge in [0.25, 0.3) is 11.8 Å². The number of amides is 2. The lowest BCUT2D eigenvalue weighted by Gasteiger charge is -2.27. The molecule has 0 bridgehead atoms. The average Bonchev–Trinajstić information content (AvgIpc) is 3.51. The zero-order valence-corrected chi connectivity index (χ0v) is 17.6. The maximum absolute atomic E-state index is 13.3. The number of carbonyl (C=O) groups is 2. The monoisotopic (exact) mass is 425 g/mol. The van der Waals surface area contributed by atoms with Crippen molar-refractivity contribution in [3.8, 4) is 0 Å². The zero-order chi connectivity index (χ0) is 20.7. The van der Waals surface area contributed by atoms with E-state index in [1.807, 2.05) is 21.9 Å². The molecule has 5 heterocycles. The number of thiophene rings is 1. The lowest BCUT2D eigenvalue weighted by atomic mass is 9.95. The first-order valence-electron chi connectivity index (χ1n) is 10.1. The quantitative estimate of drug-likeness (QED) is 0.642. The van der Waals surface area contributed by atoms with Crippen molar-refractivity contribution in [3.05, 3.63) is 46.7 Å². The molecule has 0 N–H and O–H groups in total. The van der Waals surface area contributed by atoms with Crippen LogP contribution in [-0.4, -0.2) is 75.8 Å². The predicted octanol–water partition coefficient (Wildman–Crippen LogP) is 2.13. The van der Waals surface area contributed by atoms with Gasteiger partial charge >= 0.3 is 0 Å². The highest BCUT2D eigenvalue weighted by molar-refractivity contribution is 7.20. The molecule has 8 nitrogen and oxygen atoms in total. The van der Waals surface area contributed by atoms with Gasteiger partial charge in [0.05, 0.1) is 29.9 Å². The number of carbonyl (C=O) groups excluding carboxylic acids is 2. The Hall–Kier alpha value is -2.78. The number of nitrogens with zero attached hydrogens (tertiary/aromatic N) is 5. The van der Waals surface area contributed by atoms with Gasteiger partial charge in [0.2, 0.25) is 0 Å². The fourth-order valence-electron chi connectivity index (χ4n) is 4.32. The molecule has 1 atom stereocenters. The number of hydrogen-bond acceptors (Lipinski definition) is 6. The number of morpholine rings is 1. The molecule has 0 unspecified atom stereocenters. The van der Waals surface area contributed by atoms with Crippen molar-refractivity contribution in [2.75, 3.05) is 39.4 Å². The third-order valence-electron chi connectivity index (χ3n) is 5.83. The van der Waals surface area contributed by atoms with Crippen LogP contribution in [0.25, 0.3) is 10.2 Å². The van der Waals surface area contributed by atoms with Crippen molar-refractivity contribution in [2.45, 2.75) is 12.3 Å². The third kappa shape index (κ3) is 3.37. The zero-order valence-electron chi connectivity index (χ0n) is 16.8. The van der Waals surface area contributed by atoms with Crippen LogP contribution in [0, 0.1) is 0 Å². The Morgan fingerprint density at radius 3 is 2.77 bits per heavy atom. The van der Waals surface area contributed by atoms with Crippen LogP contribution in [0.1, 0.15) is 37.9 Å². The summed E-state index contributed by atoms with van der Waals surface area (Å²) >= 11 is 1.46. The Morgan fingerprint density at radius 1 is 1.17 bits per heavy atom. The molecule has 3 aromatic rings. The summed E-state index contributed by atoms with van der Waals surface area (Å²) in [5.41, 5.74) is 1.64. The van der Waals surface area contributed by atoms with Gasteiger partial charge in [-0.3, -0.25) is 14.3 Å². The number of ether oxygens (including phenoxy) is 1. The first-order chi connectivity index (χ1) is 14.6. The average molecular weight is 426 g/mol. The molecule has 2 aliphatic heterocycles. The molecule has 3 aromatic heterocycles. The Morgan fingerprint density at radius 2 is 2.00 bits per heavy atom. The summed E-state index contributed by atoms with van der Waals surface area (Å²) in [5.74, 6) is 0.154. The lowest BCUT2D eigenvalue weighted by Crippen LogP contribution is -2.40. The molecular formula is C21H23N5O3S. The summed E-state index contributed by atoms with van der Waals surface area (Å²) in [5, 5.41) is 5.14. The number of hydrogen-bond donors (Lipinski definition) is 0. The lowest BCUT2D eigenvalue weighted by molar-refractivity contribution is 0.0305. The Kier molecular flexibility index (Phi) is 5.00. The smallest absolute Gasteiger partial charge is 0.264 e. The highest BCUT2D eigenvalue weighted by Gasteiger charge is 2.34. The van der Waals surface area contributed by atoms with Crippen molar-refractivity contribution in [1.29, 1.82) is 0 Å². The number of pyridine rings is 1. The van der Waals surface area contributed by atoms with Crippen molar-refractivity contribution in [2.24, 2.45) is 7.05 Å². The number of aryl methyl sites for hydroxylation is 1. The fourth-order valence-corrected chi connectivity index (χ4v) is 5.52. The molecular weight excluding hydrogens is 402 g/mol. The molecule has 2 saturated heterocycles. The molecule has 0 saturated carbocycles. The SMILES string of the molecule is Cn1cc(C(=O)N2CC[C@H](c3c(C(=O)N4CCOCC4)sc4ncccc34)C2)cn1. The van der Waals surface area contributed by atoms with Crippen molar-refractivity contribution in [1.82, 2.24) is 24.6 Å². The van der Waals surface area contributed by atoms with Crippen LogP contribution < -0.4 is 0 Å². The van der Waals surface area contributed by atoms with E-state index in [9.17, 15) is 9.59 Å². The predicted molar refractivity (Wildman–Crippen MR) is 113 cm³/mol. The minimum atomic E-state index is -0.00989. The number of rotatable bonds is 3. The summed E-state index contributed by atoms with van der Waals surface area (Å²) in [4.78, 5) is 36.1. The van der Waals surface area contributed by atoms with Crippen LogP contribution in [0.5, 0.6) is 0 Å². The van der Waals surface area contributed by atoms with Crippen LogP contribution in [0.3, 0.4) is 0 Å². The van der Waals surface area contributed by atoms with E-state index < -0.39 is 0 Å². The van der Waals surface area contributed by atoms with Gasteiger partial charge in [-0.2, -0.15) is 5.10 Å². The fraction of sp³-hybridized carbons (Fsp3) is 0.429. The molecule has 30 heavy (non-hydrogen) atoms. The van der Waals surface area contributed by atoms with Gasteiger partial charge in [-0.1, -0.05) is 6.07 Å². The molecule has 0 spiro atoms. The van der Waals surface area contributed by atoms with Crippen molar-refractivity contribution < 1.29 is 14.3 Å². The molecule has 2 amide bonds.